The van der Waals surface area contributed by atoms with Gasteiger partial charge in [0.05, 0.1) is 11.0 Å². The van der Waals surface area contributed by atoms with Crippen LogP contribution in [0.5, 0.6) is 0 Å². The molecule has 3 rings (SSSR count). The molecule has 0 N–H and O–H groups in total. The Morgan fingerprint density at radius 1 is 0.500 bits per heavy atom. The number of fused-ring (bicyclic) bond motifs is 3. The Kier molecular flexibility index (Phi) is 8.26. The first-order valence-electron chi connectivity index (χ1n) is 11.8. The predicted molar refractivity (Wildman–Crippen MR) is 152 cm³/mol. The van der Waals surface area contributed by atoms with Gasteiger partial charge in [-0.05, 0) is 77.8 Å². The van der Waals surface area contributed by atoms with E-state index in [9.17, 15) is 0 Å². The van der Waals surface area contributed by atoms with Crippen molar-refractivity contribution >= 4 is 58.6 Å². The van der Waals surface area contributed by atoms with Gasteiger partial charge in [0.15, 0.2) is 16.6 Å². The second-order valence-corrected chi connectivity index (χ2v) is 41.9. The first-order valence-corrected chi connectivity index (χ1v) is 29.1. The Labute approximate surface area is 194 Å². The van der Waals surface area contributed by atoms with Crippen molar-refractivity contribution in [3.05, 3.63) is 0 Å². The van der Waals surface area contributed by atoms with E-state index in [0.717, 1.165) is 0 Å². The standard InChI is InChI=1S/C22H48O2P2Si4/c1-27(2,3)23-19(25-29(7,8)9)21-13-16-22(17-14-21,18-15-21)20(24-28(4,5)6)26-30(10,11)12/h13-18H2,1-12H3. The molecule has 0 aromatic carbocycles. The molecule has 0 aromatic rings. The molecule has 0 amide bonds. The van der Waals surface area contributed by atoms with Crippen LogP contribution in [0, 0.1) is 10.8 Å². The zero-order valence-electron chi connectivity index (χ0n) is 22.0. The molecule has 30 heavy (non-hydrogen) atoms. The quantitative estimate of drug-likeness (QED) is 0.236. The summed E-state index contributed by atoms with van der Waals surface area (Å²) >= 11 is 0. The molecule has 0 heterocycles. The summed E-state index contributed by atoms with van der Waals surface area (Å²) in [4.78, 5) is 0. The van der Waals surface area contributed by atoms with Crippen LogP contribution >= 0.6 is 15.5 Å². The summed E-state index contributed by atoms with van der Waals surface area (Å²) in [6.07, 6.45) is 7.86. The third-order valence-corrected chi connectivity index (χ3v) is 15.9. The minimum Gasteiger partial charge on any atom is -0.385 e. The van der Waals surface area contributed by atoms with Crippen molar-refractivity contribution in [2.45, 2.75) is 117 Å². The lowest BCUT2D eigenvalue weighted by Gasteiger charge is -2.55. The van der Waals surface area contributed by atoms with Crippen molar-refractivity contribution in [2.24, 2.45) is 10.8 Å². The van der Waals surface area contributed by atoms with E-state index in [1.807, 2.05) is 0 Å². The second kappa shape index (κ2) is 9.06. The molecule has 174 valence electrons. The van der Waals surface area contributed by atoms with Crippen molar-refractivity contribution in [1.82, 2.24) is 0 Å². The highest BCUT2D eigenvalue weighted by molar-refractivity contribution is 7.81. The first-order chi connectivity index (χ1) is 13.2. The molecule has 0 saturated heterocycles. The SMILES string of the molecule is C[Si](C)(C)OC(=P[Si](C)(C)C)C12CCC(C(O[Si](C)(C)C)=P[Si](C)(C)C)(CC1)CC2. The third-order valence-electron chi connectivity index (χ3n) is 5.83. The molecule has 0 spiro atoms. The topological polar surface area (TPSA) is 18.5 Å². The van der Waals surface area contributed by atoms with Crippen LogP contribution in [0.15, 0.2) is 0 Å². The lowest BCUT2D eigenvalue weighted by atomic mass is 9.54. The smallest absolute Gasteiger partial charge is 0.191 e. The van der Waals surface area contributed by atoms with Gasteiger partial charge in [0.2, 0.25) is 0 Å². The summed E-state index contributed by atoms with van der Waals surface area (Å²) in [5.74, 6) is 0. The fourth-order valence-corrected chi connectivity index (χ4v) is 16.4. The third kappa shape index (κ3) is 7.87. The number of hydrogen-bond acceptors (Lipinski definition) is 2. The molecule has 3 fully saturated rings. The Morgan fingerprint density at radius 2 is 0.733 bits per heavy atom. The van der Waals surface area contributed by atoms with Crippen LogP contribution in [0.1, 0.15) is 38.5 Å². The lowest BCUT2D eigenvalue weighted by Crippen LogP contribution is -2.52. The van der Waals surface area contributed by atoms with E-state index in [2.05, 4.69) is 78.6 Å². The number of rotatable bonds is 8. The minimum absolute atomic E-state index is 0.337. The van der Waals surface area contributed by atoms with Crippen LogP contribution < -0.4 is 0 Å². The summed E-state index contributed by atoms with van der Waals surface area (Å²) in [7, 11) is -2.57. The van der Waals surface area contributed by atoms with Gasteiger partial charge in [-0.2, -0.15) is 0 Å². The van der Waals surface area contributed by atoms with Gasteiger partial charge in [-0.1, -0.05) is 54.8 Å². The maximum Gasteiger partial charge on any atom is 0.191 e. The highest BCUT2D eigenvalue weighted by Gasteiger charge is 2.54. The average Bonchev–Trinajstić information content (AvgIpc) is 2.50. The Bertz CT molecular complexity index is 607. The summed E-state index contributed by atoms with van der Waals surface area (Å²) in [5, 5.41) is 0. The van der Waals surface area contributed by atoms with Crippen molar-refractivity contribution in [3.63, 3.8) is 0 Å². The van der Waals surface area contributed by atoms with E-state index >= 15 is 0 Å². The summed E-state index contributed by atoms with van der Waals surface area (Å²) in [5.41, 5.74) is 3.66. The van der Waals surface area contributed by atoms with Crippen LogP contribution in [-0.4, -0.2) is 43.1 Å². The summed E-state index contributed by atoms with van der Waals surface area (Å²) in [6, 6.07) is 0. The van der Waals surface area contributed by atoms with Gasteiger partial charge < -0.3 is 8.85 Å². The molecule has 0 unspecified atom stereocenters. The molecule has 0 aliphatic heterocycles. The van der Waals surface area contributed by atoms with Gasteiger partial charge in [0.25, 0.3) is 0 Å². The van der Waals surface area contributed by atoms with Crippen LogP contribution in [0.25, 0.3) is 0 Å². The van der Waals surface area contributed by atoms with Crippen LogP contribution in [0.2, 0.25) is 78.6 Å². The van der Waals surface area contributed by atoms with Gasteiger partial charge in [-0.25, -0.2) is 0 Å². The van der Waals surface area contributed by atoms with Crippen molar-refractivity contribution in [2.75, 3.05) is 0 Å². The molecule has 0 atom stereocenters. The molecule has 3 aliphatic carbocycles. The second-order valence-electron chi connectivity index (χ2n) is 13.7. The molecule has 8 heteroatoms. The van der Waals surface area contributed by atoms with E-state index in [-0.39, 0.29) is 0 Å². The fraction of sp³-hybridized carbons (Fsp3) is 0.909. The summed E-state index contributed by atoms with van der Waals surface area (Å²) in [6.45, 7) is 29.1. The highest BCUT2D eigenvalue weighted by Crippen LogP contribution is 2.60. The van der Waals surface area contributed by atoms with Crippen molar-refractivity contribution < 1.29 is 8.85 Å². The molecular weight excluding hydrogens is 471 g/mol. The fourth-order valence-electron chi connectivity index (χ4n) is 4.52. The van der Waals surface area contributed by atoms with E-state index in [1.54, 1.807) is 15.5 Å². The van der Waals surface area contributed by atoms with E-state index in [4.69, 9.17) is 8.85 Å². The Morgan fingerprint density at radius 3 is 0.900 bits per heavy atom. The molecular formula is C22H48O2P2Si4. The van der Waals surface area contributed by atoms with E-state index in [1.165, 1.54) is 49.5 Å². The summed E-state index contributed by atoms with van der Waals surface area (Å²) < 4.78 is 13.8. The largest absolute Gasteiger partial charge is 0.385 e. The first kappa shape index (κ1) is 27.4. The monoisotopic (exact) mass is 518 g/mol. The molecule has 0 radical (unpaired) electrons. The van der Waals surface area contributed by atoms with Crippen molar-refractivity contribution in [3.8, 4) is 0 Å². The maximum atomic E-state index is 6.88. The normalized spacial score (nSPS) is 29.5. The average molecular weight is 519 g/mol. The van der Waals surface area contributed by atoms with Crippen LogP contribution in [0.4, 0.5) is 0 Å². The lowest BCUT2D eigenvalue weighted by molar-refractivity contribution is 0.0684. The zero-order valence-corrected chi connectivity index (χ0v) is 27.7. The molecule has 2 nitrogen and oxygen atoms in total. The predicted octanol–water partition coefficient (Wildman–Crippen LogP) is 8.85. The highest BCUT2D eigenvalue weighted by atomic mass is 31.3. The van der Waals surface area contributed by atoms with Crippen molar-refractivity contribution in [1.29, 1.82) is 0 Å². The van der Waals surface area contributed by atoms with Gasteiger partial charge in [0.1, 0.15) is 15.5 Å². The maximum absolute atomic E-state index is 6.88. The van der Waals surface area contributed by atoms with Gasteiger partial charge >= 0.3 is 0 Å². The van der Waals surface area contributed by atoms with Gasteiger partial charge in [-0.3, -0.25) is 0 Å². The van der Waals surface area contributed by atoms with E-state index < -0.39 is 32.1 Å². The Hall–Kier alpha value is 1.13. The van der Waals surface area contributed by atoms with Crippen LogP contribution in [0.3, 0.4) is 0 Å². The minimum atomic E-state index is -1.60. The Balaban J connectivity index is 2.37. The molecule has 2 bridgehead atoms. The molecule has 3 saturated carbocycles. The van der Waals surface area contributed by atoms with Gasteiger partial charge in [0, 0.05) is 10.8 Å². The zero-order chi connectivity index (χ0) is 23.2. The van der Waals surface area contributed by atoms with Crippen LogP contribution in [-0.2, 0) is 8.85 Å². The number of hydrogen-bond donors (Lipinski definition) is 0. The molecule has 3 aliphatic rings. The van der Waals surface area contributed by atoms with E-state index in [0.29, 0.717) is 10.8 Å². The molecule has 0 aromatic heterocycles. The van der Waals surface area contributed by atoms with Gasteiger partial charge in [-0.15, -0.1) is 0 Å².